The number of likely N-dealkylation sites (tertiary alicyclic amines) is 1. The third-order valence-corrected chi connectivity index (χ3v) is 3.73. The molecule has 5 heteroatoms. The molecule has 3 N–H and O–H groups in total. The predicted octanol–water partition coefficient (Wildman–Crippen LogP) is 1.38. The highest BCUT2D eigenvalue weighted by atomic mass is 16.2. The first-order valence-corrected chi connectivity index (χ1v) is 6.57. The molecule has 0 spiro atoms. The molecule has 2 amide bonds. The molecule has 1 heterocycles. The van der Waals surface area contributed by atoms with Gasteiger partial charge >= 0.3 is 6.03 Å². The second-order valence-electron chi connectivity index (χ2n) is 5.07. The van der Waals surface area contributed by atoms with E-state index < -0.39 is 0 Å². The Kier molecular flexibility index (Phi) is 3.86. The van der Waals surface area contributed by atoms with Crippen LogP contribution < -0.4 is 5.73 Å². The van der Waals surface area contributed by atoms with E-state index in [1.807, 2.05) is 9.80 Å². The highest BCUT2D eigenvalue weighted by molar-refractivity contribution is 5.85. The number of amidine groups is 1. The van der Waals surface area contributed by atoms with Gasteiger partial charge in [0.15, 0.2) is 0 Å². The molecule has 2 fully saturated rings. The van der Waals surface area contributed by atoms with E-state index in [1.54, 1.807) is 0 Å². The lowest BCUT2D eigenvalue weighted by Gasteiger charge is -2.32. The number of amides is 2. The number of nitrogens with two attached hydrogens (primary N) is 1. The summed E-state index contributed by atoms with van der Waals surface area (Å²) in [6.07, 6.45) is 6.70. The third kappa shape index (κ3) is 2.90. The van der Waals surface area contributed by atoms with Crippen molar-refractivity contribution in [1.29, 1.82) is 5.41 Å². The highest BCUT2D eigenvalue weighted by Gasteiger charge is 2.31. The Balaban J connectivity index is 2.02. The molecule has 0 bridgehead atoms. The normalized spacial score (nSPS) is 20.8. The minimum Gasteiger partial charge on any atom is -0.386 e. The Morgan fingerprint density at radius 2 is 1.82 bits per heavy atom. The van der Waals surface area contributed by atoms with Crippen molar-refractivity contribution >= 4 is 11.9 Å². The Labute approximate surface area is 102 Å². The average molecular weight is 238 g/mol. The van der Waals surface area contributed by atoms with Crippen LogP contribution in [0.2, 0.25) is 0 Å². The zero-order chi connectivity index (χ0) is 12.3. The van der Waals surface area contributed by atoms with Crippen LogP contribution in [0.15, 0.2) is 0 Å². The van der Waals surface area contributed by atoms with Crippen molar-refractivity contribution in [2.45, 2.75) is 44.6 Å². The summed E-state index contributed by atoms with van der Waals surface area (Å²) in [4.78, 5) is 16.1. The highest BCUT2D eigenvalue weighted by Crippen LogP contribution is 2.25. The molecule has 96 valence electrons. The number of hydrogen-bond acceptors (Lipinski definition) is 2. The summed E-state index contributed by atoms with van der Waals surface area (Å²) in [7, 11) is 0. The number of hydrogen-bond donors (Lipinski definition) is 2. The van der Waals surface area contributed by atoms with E-state index in [0.717, 1.165) is 38.8 Å². The van der Waals surface area contributed by atoms with Crippen molar-refractivity contribution in [2.24, 2.45) is 5.73 Å². The molecule has 1 saturated carbocycles. The molecule has 1 saturated heterocycles. The predicted molar refractivity (Wildman–Crippen MR) is 67.1 cm³/mol. The van der Waals surface area contributed by atoms with E-state index >= 15 is 0 Å². The molecule has 1 aliphatic heterocycles. The summed E-state index contributed by atoms with van der Waals surface area (Å²) < 4.78 is 0. The van der Waals surface area contributed by atoms with E-state index in [-0.39, 0.29) is 11.9 Å². The van der Waals surface area contributed by atoms with Gasteiger partial charge in [-0.05, 0) is 25.7 Å². The van der Waals surface area contributed by atoms with Crippen LogP contribution in [-0.4, -0.2) is 47.3 Å². The summed E-state index contributed by atoms with van der Waals surface area (Å²) in [6, 6.07) is 0.386. The molecule has 5 nitrogen and oxygen atoms in total. The van der Waals surface area contributed by atoms with Gasteiger partial charge in [0, 0.05) is 19.1 Å². The smallest absolute Gasteiger partial charge is 0.320 e. The van der Waals surface area contributed by atoms with Gasteiger partial charge in [-0.1, -0.05) is 12.8 Å². The zero-order valence-electron chi connectivity index (χ0n) is 10.3. The van der Waals surface area contributed by atoms with Crippen LogP contribution in [0.3, 0.4) is 0 Å². The standard InChI is InChI=1S/C12H22N4O/c13-11(14)9-16(10-5-1-2-6-10)12(17)15-7-3-4-8-15/h10H,1-9H2,(H3,13,14). The first kappa shape index (κ1) is 12.2. The van der Waals surface area contributed by atoms with Crippen LogP contribution in [0.5, 0.6) is 0 Å². The average Bonchev–Trinajstić information content (AvgIpc) is 2.96. The van der Waals surface area contributed by atoms with Gasteiger partial charge in [0.2, 0.25) is 0 Å². The van der Waals surface area contributed by atoms with Crippen molar-refractivity contribution < 1.29 is 4.79 Å². The molecule has 2 aliphatic rings. The fraction of sp³-hybridized carbons (Fsp3) is 0.833. The third-order valence-electron chi connectivity index (χ3n) is 3.73. The van der Waals surface area contributed by atoms with Crippen molar-refractivity contribution in [3.05, 3.63) is 0 Å². The van der Waals surface area contributed by atoms with Gasteiger partial charge in [-0.25, -0.2) is 4.79 Å². The molecule has 0 atom stereocenters. The molecule has 0 aromatic heterocycles. The second-order valence-corrected chi connectivity index (χ2v) is 5.07. The van der Waals surface area contributed by atoms with Crippen molar-refractivity contribution in [3.63, 3.8) is 0 Å². The van der Waals surface area contributed by atoms with Gasteiger partial charge in [-0.2, -0.15) is 0 Å². The molecule has 0 aromatic carbocycles. The molecule has 1 aliphatic carbocycles. The molecule has 17 heavy (non-hydrogen) atoms. The van der Waals surface area contributed by atoms with Crippen LogP contribution >= 0.6 is 0 Å². The molecule has 0 radical (unpaired) electrons. The quantitative estimate of drug-likeness (QED) is 0.576. The minimum absolute atomic E-state index is 0.0875. The Bertz CT molecular complexity index is 293. The van der Waals surface area contributed by atoms with Crippen LogP contribution in [0, 0.1) is 5.41 Å². The van der Waals surface area contributed by atoms with E-state index in [4.69, 9.17) is 11.1 Å². The van der Waals surface area contributed by atoms with E-state index in [1.165, 1.54) is 12.8 Å². The molecule has 2 rings (SSSR count). The number of nitrogens with zero attached hydrogens (tertiary/aromatic N) is 2. The number of carbonyl (C=O) groups is 1. The number of urea groups is 1. The number of rotatable bonds is 3. The van der Waals surface area contributed by atoms with Gasteiger partial charge in [0.1, 0.15) is 5.84 Å². The van der Waals surface area contributed by atoms with Crippen molar-refractivity contribution in [2.75, 3.05) is 19.6 Å². The molecule has 0 aromatic rings. The molecule has 0 unspecified atom stereocenters. The van der Waals surface area contributed by atoms with E-state index in [0.29, 0.717) is 12.6 Å². The SMILES string of the molecule is N=C(N)CN(C(=O)N1CCCC1)C1CCCC1. The van der Waals surface area contributed by atoms with E-state index in [9.17, 15) is 4.79 Å². The van der Waals surface area contributed by atoms with E-state index in [2.05, 4.69) is 0 Å². The maximum atomic E-state index is 12.4. The van der Waals surface area contributed by atoms with Crippen LogP contribution in [0.25, 0.3) is 0 Å². The number of nitrogens with one attached hydrogen (secondary N) is 1. The van der Waals surface area contributed by atoms with Crippen LogP contribution in [0.1, 0.15) is 38.5 Å². The van der Waals surface area contributed by atoms with Gasteiger partial charge in [0.05, 0.1) is 6.54 Å². The first-order chi connectivity index (χ1) is 8.18. The maximum absolute atomic E-state index is 12.4. The first-order valence-electron chi connectivity index (χ1n) is 6.57. The maximum Gasteiger partial charge on any atom is 0.320 e. The summed E-state index contributed by atoms with van der Waals surface area (Å²) >= 11 is 0. The topological polar surface area (TPSA) is 73.4 Å². The van der Waals surface area contributed by atoms with Crippen molar-refractivity contribution in [1.82, 2.24) is 9.80 Å². The van der Waals surface area contributed by atoms with Gasteiger partial charge in [-0.3, -0.25) is 5.41 Å². The zero-order valence-corrected chi connectivity index (χ0v) is 10.3. The lowest BCUT2D eigenvalue weighted by atomic mass is 10.2. The Morgan fingerprint density at radius 3 is 2.35 bits per heavy atom. The van der Waals surface area contributed by atoms with Gasteiger partial charge < -0.3 is 15.5 Å². The summed E-state index contributed by atoms with van der Waals surface area (Å²) in [6.45, 7) is 2.01. The summed E-state index contributed by atoms with van der Waals surface area (Å²) in [5.41, 5.74) is 5.47. The lowest BCUT2D eigenvalue weighted by Crippen LogP contribution is -2.49. The lowest BCUT2D eigenvalue weighted by molar-refractivity contribution is 0.150. The fourth-order valence-corrected chi connectivity index (χ4v) is 2.84. The second kappa shape index (κ2) is 5.38. The van der Waals surface area contributed by atoms with Crippen LogP contribution in [-0.2, 0) is 0 Å². The monoisotopic (exact) mass is 238 g/mol. The molecular formula is C12H22N4O. The van der Waals surface area contributed by atoms with Gasteiger partial charge in [-0.15, -0.1) is 0 Å². The summed E-state index contributed by atoms with van der Waals surface area (Å²) in [5.74, 6) is 0.0875. The Morgan fingerprint density at radius 1 is 1.24 bits per heavy atom. The fourth-order valence-electron chi connectivity index (χ4n) is 2.84. The largest absolute Gasteiger partial charge is 0.386 e. The number of carbonyl (C=O) groups excluding carboxylic acids is 1. The Hall–Kier alpha value is -1.26. The van der Waals surface area contributed by atoms with Gasteiger partial charge in [0.25, 0.3) is 0 Å². The molecular weight excluding hydrogens is 216 g/mol. The minimum atomic E-state index is 0.0875. The summed E-state index contributed by atoms with van der Waals surface area (Å²) in [5, 5.41) is 7.42. The van der Waals surface area contributed by atoms with Crippen molar-refractivity contribution in [3.8, 4) is 0 Å². The van der Waals surface area contributed by atoms with Crippen LogP contribution in [0.4, 0.5) is 4.79 Å².